The van der Waals surface area contributed by atoms with Crippen LogP contribution in [0.3, 0.4) is 0 Å². The predicted octanol–water partition coefficient (Wildman–Crippen LogP) is 1.29. The third-order valence-electron chi connectivity index (χ3n) is 4.65. The second-order valence-corrected chi connectivity index (χ2v) is 5.97. The van der Waals surface area contributed by atoms with Crippen molar-refractivity contribution in [3.05, 3.63) is 0 Å². The highest BCUT2D eigenvalue weighted by Gasteiger charge is 2.34. The highest BCUT2D eigenvalue weighted by molar-refractivity contribution is 5.79. The SMILES string of the molecule is CC1CCCC(N)C1C(=O)NCC1CCOC1C. The minimum atomic E-state index is -0.00335. The van der Waals surface area contributed by atoms with Gasteiger partial charge in [-0.3, -0.25) is 4.79 Å². The second-order valence-electron chi connectivity index (χ2n) is 5.97. The summed E-state index contributed by atoms with van der Waals surface area (Å²) >= 11 is 0. The summed E-state index contributed by atoms with van der Waals surface area (Å²) in [6, 6.07) is 0.0333. The summed E-state index contributed by atoms with van der Waals surface area (Å²) in [6.07, 6.45) is 4.57. The Morgan fingerprint density at radius 3 is 2.72 bits per heavy atom. The van der Waals surface area contributed by atoms with E-state index in [9.17, 15) is 4.79 Å². The maximum absolute atomic E-state index is 12.3. The lowest BCUT2D eigenvalue weighted by Crippen LogP contribution is -2.48. The summed E-state index contributed by atoms with van der Waals surface area (Å²) in [5.74, 6) is 1.01. The fourth-order valence-corrected chi connectivity index (χ4v) is 3.30. The molecule has 0 aromatic rings. The molecule has 3 N–H and O–H groups in total. The van der Waals surface area contributed by atoms with Gasteiger partial charge in [-0.05, 0) is 32.1 Å². The van der Waals surface area contributed by atoms with Gasteiger partial charge in [0, 0.05) is 25.1 Å². The number of hydrogen-bond donors (Lipinski definition) is 2. The summed E-state index contributed by atoms with van der Waals surface area (Å²) in [5.41, 5.74) is 6.10. The van der Waals surface area contributed by atoms with Crippen LogP contribution in [0.4, 0.5) is 0 Å². The van der Waals surface area contributed by atoms with E-state index in [2.05, 4.69) is 19.2 Å². The molecule has 0 aromatic heterocycles. The molecule has 5 atom stereocenters. The number of ether oxygens (including phenoxy) is 1. The molecule has 0 spiro atoms. The predicted molar refractivity (Wildman–Crippen MR) is 71.0 cm³/mol. The molecule has 0 bridgehead atoms. The van der Waals surface area contributed by atoms with E-state index in [0.29, 0.717) is 11.8 Å². The number of nitrogens with two attached hydrogens (primary N) is 1. The van der Waals surface area contributed by atoms with Crippen LogP contribution in [0.25, 0.3) is 0 Å². The molecule has 0 radical (unpaired) electrons. The quantitative estimate of drug-likeness (QED) is 0.797. The first kappa shape index (κ1) is 13.8. The number of carbonyl (C=O) groups is 1. The van der Waals surface area contributed by atoms with Crippen LogP contribution in [0.5, 0.6) is 0 Å². The summed E-state index contributed by atoms with van der Waals surface area (Å²) in [7, 11) is 0. The van der Waals surface area contributed by atoms with Crippen LogP contribution < -0.4 is 11.1 Å². The van der Waals surface area contributed by atoms with Crippen LogP contribution in [-0.2, 0) is 9.53 Å². The molecule has 2 aliphatic rings. The molecule has 4 nitrogen and oxygen atoms in total. The first-order valence-corrected chi connectivity index (χ1v) is 7.24. The Bertz CT molecular complexity index is 286. The van der Waals surface area contributed by atoms with Crippen LogP contribution in [0.15, 0.2) is 0 Å². The molecule has 1 heterocycles. The van der Waals surface area contributed by atoms with Gasteiger partial charge in [0.15, 0.2) is 0 Å². The largest absolute Gasteiger partial charge is 0.378 e. The maximum atomic E-state index is 12.3. The molecule has 2 fully saturated rings. The van der Waals surface area contributed by atoms with Crippen molar-refractivity contribution in [2.45, 2.75) is 51.7 Å². The Balaban J connectivity index is 1.83. The van der Waals surface area contributed by atoms with Crippen molar-refractivity contribution in [2.75, 3.05) is 13.2 Å². The lowest BCUT2D eigenvalue weighted by molar-refractivity contribution is -0.128. The minimum absolute atomic E-state index is 0.00335. The first-order chi connectivity index (χ1) is 8.59. The van der Waals surface area contributed by atoms with Crippen molar-refractivity contribution in [1.29, 1.82) is 0 Å². The topological polar surface area (TPSA) is 64.4 Å². The summed E-state index contributed by atoms with van der Waals surface area (Å²) in [5, 5.41) is 3.09. The molecule has 18 heavy (non-hydrogen) atoms. The van der Waals surface area contributed by atoms with Crippen molar-refractivity contribution >= 4 is 5.91 Å². The average Bonchev–Trinajstić information content (AvgIpc) is 2.72. The van der Waals surface area contributed by atoms with Crippen molar-refractivity contribution < 1.29 is 9.53 Å². The van der Waals surface area contributed by atoms with Crippen molar-refractivity contribution in [2.24, 2.45) is 23.5 Å². The number of hydrogen-bond acceptors (Lipinski definition) is 3. The van der Waals surface area contributed by atoms with Crippen molar-refractivity contribution in [3.8, 4) is 0 Å². The Morgan fingerprint density at radius 2 is 2.11 bits per heavy atom. The van der Waals surface area contributed by atoms with Crippen molar-refractivity contribution in [1.82, 2.24) is 5.32 Å². The zero-order valence-electron chi connectivity index (χ0n) is 11.5. The van der Waals surface area contributed by atoms with Gasteiger partial charge in [0.25, 0.3) is 0 Å². The van der Waals surface area contributed by atoms with Gasteiger partial charge < -0.3 is 15.8 Å². The van der Waals surface area contributed by atoms with Gasteiger partial charge in [0.05, 0.1) is 12.0 Å². The molecule has 104 valence electrons. The smallest absolute Gasteiger partial charge is 0.224 e. The van der Waals surface area contributed by atoms with E-state index in [4.69, 9.17) is 10.5 Å². The van der Waals surface area contributed by atoms with E-state index in [-0.39, 0.29) is 24.0 Å². The second kappa shape index (κ2) is 6.02. The van der Waals surface area contributed by atoms with Crippen LogP contribution in [0.1, 0.15) is 39.5 Å². The Morgan fingerprint density at radius 1 is 1.33 bits per heavy atom. The zero-order chi connectivity index (χ0) is 13.1. The molecule has 1 saturated carbocycles. The third-order valence-corrected chi connectivity index (χ3v) is 4.65. The molecule has 4 heteroatoms. The zero-order valence-corrected chi connectivity index (χ0v) is 11.5. The highest BCUT2D eigenvalue weighted by atomic mass is 16.5. The molecule has 1 saturated heterocycles. The first-order valence-electron chi connectivity index (χ1n) is 7.24. The van der Waals surface area contributed by atoms with Crippen LogP contribution >= 0.6 is 0 Å². The van der Waals surface area contributed by atoms with E-state index in [0.717, 1.165) is 38.8 Å². The van der Waals surface area contributed by atoms with Gasteiger partial charge in [-0.25, -0.2) is 0 Å². The maximum Gasteiger partial charge on any atom is 0.224 e. The molecule has 1 aliphatic carbocycles. The van der Waals surface area contributed by atoms with Crippen LogP contribution in [0.2, 0.25) is 0 Å². The molecule has 0 aromatic carbocycles. The van der Waals surface area contributed by atoms with E-state index in [1.165, 1.54) is 0 Å². The highest BCUT2D eigenvalue weighted by Crippen LogP contribution is 2.29. The van der Waals surface area contributed by atoms with E-state index >= 15 is 0 Å². The monoisotopic (exact) mass is 254 g/mol. The van der Waals surface area contributed by atoms with Gasteiger partial charge in [-0.15, -0.1) is 0 Å². The van der Waals surface area contributed by atoms with Gasteiger partial charge in [-0.2, -0.15) is 0 Å². The third kappa shape index (κ3) is 3.04. The lowest BCUT2D eigenvalue weighted by atomic mass is 9.76. The minimum Gasteiger partial charge on any atom is -0.378 e. The molecule has 1 amide bonds. The summed E-state index contributed by atoms with van der Waals surface area (Å²) < 4.78 is 5.51. The number of amides is 1. The summed E-state index contributed by atoms with van der Waals surface area (Å²) in [6.45, 7) is 5.78. The Hall–Kier alpha value is -0.610. The Labute approximate surface area is 110 Å². The van der Waals surface area contributed by atoms with E-state index in [1.807, 2.05) is 0 Å². The molecule has 5 unspecified atom stereocenters. The van der Waals surface area contributed by atoms with E-state index < -0.39 is 0 Å². The standard InChI is InChI=1S/C14H26N2O2/c1-9-4-3-5-12(15)13(9)14(17)16-8-11-6-7-18-10(11)2/h9-13H,3-8,15H2,1-2H3,(H,16,17). The number of rotatable bonds is 3. The molecular weight excluding hydrogens is 228 g/mol. The van der Waals surface area contributed by atoms with E-state index in [1.54, 1.807) is 0 Å². The van der Waals surface area contributed by atoms with Crippen molar-refractivity contribution in [3.63, 3.8) is 0 Å². The van der Waals surface area contributed by atoms with Gasteiger partial charge in [0.1, 0.15) is 0 Å². The summed E-state index contributed by atoms with van der Waals surface area (Å²) in [4.78, 5) is 12.3. The Kier molecular flexibility index (Phi) is 4.62. The molecular formula is C14H26N2O2. The van der Waals surface area contributed by atoms with Gasteiger partial charge >= 0.3 is 0 Å². The lowest BCUT2D eigenvalue weighted by Gasteiger charge is -2.33. The fourth-order valence-electron chi connectivity index (χ4n) is 3.30. The average molecular weight is 254 g/mol. The molecule has 2 rings (SSSR count). The number of nitrogens with one attached hydrogen (secondary N) is 1. The normalized spacial score (nSPS) is 40.7. The van der Waals surface area contributed by atoms with Gasteiger partial charge in [-0.1, -0.05) is 13.3 Å². The molecule has 1 aliphatic heterocycles. The van der Waals surface area contributed by atoms with Crippen LogP contribution in [0, 0.1) is 17.8 Å². The fraction of sp³-hybridized carbons (Fsp3) is 0.929. The van der Waals surface area contributed by atoms with Gasteiger partial charge in [0.2, 0.25) is 5.91 Å². The number of carbonyl (C=O) groups excluding carboxylic acids is 1. The van der Waals surface area contributed by atoms with Crippen LogP contribution in [-0.4, -0.2) is 31.2 Å².